The van der Waals surface area contributed by atoms with Crippen molar-refractivity contribution in [3.63, 3.8) is 0 Å². The Labute approximate surface area is 161 Å². The Morgan fingerprint density at radius 3 is 2.56 bits per heavy atom. The number of anilines is 2. The minimum absolute atomic E-state index is 0.253. The molecule has 5 nitrogen and oxygen atoms in total. The predicted molar refractivity (Wildman–Crippen MR) is 112 cm³/mol. The smallest absolute Gasteiger partial charge is 0.319 e. The van der Waals surface area contributed by atoms with Gasteiger partial charge in [-0.3, -0.25) is 0 Å². The van der Waals surface area contributed by atoms with Crippen molar-refractivity contribution in [2.75, 3.05) is 23.3 Å². The number of hydrogen-bond donors (Lipinski definition) is 2. The van der Waals surface area contributed by atoms with Crippen LogP contribution in [-0.2, 0) is 5.54 Å². The van der Waals surface area contributed by atoms with Gasteiger partial charge in [0.15, 0.2) is 0 Å². The van der Waals surface area contributed by atoms with E-state index in [1.807, 2.05) is 51.1 Å². The van der Waals surface area contributed by atoms with Gasteiger partial charge in [0.1, 0.15) is 5.82 Å². The maximum Gasteiger partial charge on any atom is 0.319 e. The summed E-state index contributed by atoms with van der Waals surface area (Å²) in [5.41, 5.74) is 3.27. The molecule has 1 aromatic heterocycles. The monoisotopic (exact) mass is 364 g/mol. The summed E-state index contributed by atoms with van der Waals surface area (Å²) in [5.74, 6) is 0.968. The molecule has 5 heteroatoms. The topological polar surface area (TPSA) is 57.3 Å². The van der Waals surface area contributed by atoms with Crippen LogP contribution in [-0.4, -0.2) is 24.1 Å². The number of urea groups is 1. The predicted octanol–water partition coefficient (Wildman–Crippen LogP) is 4.77. The molecule has 142 valence electrons. The number of nitrogens with one attached hydrogen (secondary N) is 2. The Hall–Kier alpha value is -2.82. The van der Waals surface area contributed by atoms with E-state index in [0.717, 1.165) is 35.6 Å². The SMILES string of the molecule is C=C(C)c1cccc(C(C)(C)NC(=O)Nc2ccc(N3CCCC3)nc2)c1. The van der Waals surface area contributed by atoms with Gasteiger partial charge < -0.3 is 15.5 Å². The molecule has 0 aliphatic carbocycles. The zero-order valence-corrected chi connectivity index (χ0v) is 16.4. The first-order chi connectivity index (χ1) is 12.8. The van der Waals surface area contributed by atoms with E-state index in [1.165, 1.54) is 12.8 Å². The molecule has 0 saturated carbocycles. The highest BCUT2D eigenvalue weighted by atomic mass is 16.2. The van der Waals surface area contributed by atoms with Crippen molar-refractivity contribution < 1.29 is 4.79 Å². The van der Waals surface area contributed by atoms with E-state index in [0.29, 0.717) is 5.69 Å². The molecular weight excluding hydrogens is 336 g/mol. The minimum atomic E-state index is -0.515. The second kappa shape index (κ2) is 7.82. The third-order valence-corrected chi connectivity index (χ3v) is 4.94. The van der Waals surface area contributed by atoms with Crippen molar-refractivity contribution in [2.24, 2.45) is 0 Å². The van der Waals surface area contributed by atoms with Gasteiger partial charge in [0.2, 0.25) is 0 Å². The van der Waals surface area contributed by atoms with Gasteiger partial charge in [0.25, 0.3) is 0 Å². The van der Waals surface area contributed by atoms with E-state index in [-0.39, 0.29) is 6.03 Å². The van der Waals surface area contributed by atoms with E-state index in [4.69, 9.17) is 0 Å². The minimum Gasteiger partial charge on any atom is -0.357 e. The van der Waals surface area contributed by atoms with Crippen LogP contribution < -0.4 is 15.5 Å². The van der Waals surface area contributed by atoms with Crippen molar-refractivity contribution in [1.29, 1.82) is 0 Å². The normalized spacial score (nSPS) is 14.1. The number of rotatable bonds is 5. The number of amides is 2. The van der Waals surface area contributed by atoms with Gasteiger partial charge in [-0.05, 0) is 62.9 Å². The fourth-order valence-corrected chi connectivity index (χ4v) is 3.29. The molecule has 0 spiro atoms. The zero-order valence-electron chi connectivity index (χ0n) is 16.4. The number of carbonyl (C=O) groups excluding carboxylic acids is 1. The molecular formula is C22H28N4O. The van der Waals surface area contributed by atoms with Gasteiger partial charge in [-0.15, -0.1) is 0 Å². The lowest BCUT2D eigenvalue weighted by Gasteiger charge is -2.27. The van der Waals surface area contributed by atoms with Crippen molar-refractivity contribution in [3.8, 4) is 0 Å². The highest BCUT2D eigenvalue weighted by molar-refractivity contribution is 5.89. The molecule has 0 unspecified atom stereocenters. The van der Waals surface area contributed by atoms with Crippen LogP contribution in [0.5, 0.6) is 0 Å². The average molecular weight is 364 g/mol. The van der Waals surface area contributed by atoms with Gasteiger partial charge >= 0.3 is 6.03 Å². The Bertz CT molecular complexity index is 820. The number of carbonyl (C=O) groups is 1. The first kappa shape index (κ1) is 19.0. The van der Waals surface area contributed by atoms with Crippen LogP contribution >= 0.6 is 0 Å². The molecule has 0 radical (unpaired) electrons. The van der Waals surface area contributed by atoms with E-state index >= 15 is 0 Å². The van der Waals surface area contributed by atoms with Gasteiger partial charge in [0.05, 0.1) is 17.4 Å². The van der Waals surface area contributed by atoms with E-state index in [1.54, 1.807) is 6.20 Å². The summed E-state index contributed by atoms with van der Waals surface area (Å²) in [5, 5.41) is 5.91. The number of pyridine rings is 1. The van der Waals surface area contributed by atoms with Crippen LogP contribution in [0.2, 0.25) is 0 Å². The van der Waals surface area contributed by atoms with Crippen LogP contribution in [0.3, 0.4) is 0 Å². The maximum absolute atomic E-state index is 12.5. The van der Waals surface area contributed by atoms with Crippen LogP contribution in [0.4, 0.5) is 16.3 Å². The lowest BCUT2D eigenvalue weighted by Crippen LogP contribution is -2.43. The Morgan fingerprint density at radius 2 is 1.93 bits per heavy atom. The van der Waals surface area contributed by atoms with Gasteiger partial charge in [0, 0.05) is 13.1 Å². The van der Waals surface area contributed by atoms with Crippen LogP contribution in [0.1, 0.15) is 44.7 Å². The van der Waals surface area contributed by atoms with Crippen LogP contribution in [0, 0.1) is 0 Å². The number of allylic oxidation sites excluding steroid dienone is 1. The van der Waals surface area contributed by atoms with Gasteiger partial charge in [-0.2, -0.15) is 0 Å². The first-order valence-electron chi connectivity index (χ1n) is 9.42. The van der Waals surface area contributed by atoms with Crippen LogP contribution in [0.25, 0.3) is 5.57 Å². The molecule has 1 saturated heterocycles. The number of benzene rings is 1. The molecule has 27 heavy (non-hydrogen) atoms. The highest BCUT2D eigenvalue weighted by Crippen LogP contribution is 2.24. The molecule has 2 amide bonds. The number of aromatic nitrogens is 1. The molecule has 2 N–H and O–H groups in total. The summed E-state index contributed by atoms with van der Waals surface area (Å²) in [4.78, 5) is 19.2. The third kappa shape index (κ3) is 4.67. The van der Waals surface area contributed by atoms with Crippen molar-refractivity contribution >= 4 is 23.1 Å². The van der Waals surface area contributed by atoms with E-state index < -0.39 is 5.54 Å². The van der Waals surface area contributed by atoms with E-state index in [2.05, 4.69) is 33.2 Å². The average Bonchev–Trinajstić information content (AvgIpc) is 3.16. The number of hydrogen-bond acceptors (Lipinski definition) is 3. The van der Waals surface area contributed by atoms with E-state index in [9.17, 15) is 4.79 Å². The summed E-state index contributed by atoms with van der Waals surface area (Å²) in [6, 6.07) is 11.7. The summed E-state index contributed by atoms with van der Waals surface area (Å²) in [6.07, 6.45) is 4.14. The molecule has 2 heterocycles. The molecule has 0 bridgehead atoms. The van der Waals surface area contributed by atoms with Crippen molar-refractivity contribution in [2.45, 2.75) is 39.2 Å². The van der Waals surface area contributed by atoms with Gasteiger partial charge in [-0.1, -0.05) is 30.4 Å². The first-order valence-corrected chi connectivity index (χ1v) is 9.42. The molecule has 2 aromatic rings. The largest absolute Gasteiger partial charge is 0.357 e. The second-order valence-electron chi connectivity index (χ2n) is 7.66. The fraction of sp³-hybridized carbons (Fsp3) is 0.364. The Kier molecular flexibility index (Phi) is 5.49. The van der Waals surface area contributed by atoms with Crippen molar-refractivity contribution in [1.82, 2.24) is 10.3 Å². The summed E-state index contributed by atoms with van der Waals surface area (Å²) in [7, 11) is 0. The molecule has 0 atom stereocenters. The molecule has 1 aliphatic heterocycles. The summed E-state index contributed by atoms with van der Waals surface area (Å²) < 4.78 is 0. The molecule has 3 rings (SSSR count). The second-order valence-corrected chi connectivity index (χ2v) is 7.66. The van der Waals surface area contributed by atoms with Crippen molar-refractivity contribution in [3.05, 3.63) is 60.3 Å². The quantitative estimate of drug-likeness (QED) is 0.803. The maximum atomic E-state index is 12.5. The molecule has 1 aromatic carbocycles. The molecule has 1 aliphatic rings. The number of nitrogens with zero attached hydrogens (tertiary/aromatic N) is 2. The molecule has 1 fully saturated rings. The summed E-state index contributed by atoms with van der Waals surface area (Å²) >= 11 is 0. The lowest BCUT2D eigenvalue weighted by molar-refractivity contribution is 0.242. The highest BCUT2D eigenvalue weighted by Gasteiger charge is 2.23. The summed E-state index contributed by atoms with van der Waals surface area (Å²) in [6.45, 7) is 12.0. The Balaban J connectivity index is 1.64. The Morgan fingerprint density at radius 1 is 1.19 bits per heavy atom. The fourth-order valence-electron chi connectivity index (χ4n) is 3.29. The zero-order chi connectivity index (χ0) is 19.4. The van der Waals surface area contributed by atoms with Crippen LogP contribution in [0.15, 0.2) is 49.2 Å². The third-order valence-electron chi connectivity index (χ3n) is 4.94. The van der Waals surface area contributed by atoms with Gasteiger partial charge in [-0.25, -0.2) is 9.78 Å². The lowest BCUT2D eigenvalue weighted by atomic mass is 9.92. The standard InChI is InChI=1S/C22H28N4O/c1-16(2)17-8-7-9-18(14-17)22(3,4)25-21(27)24-19-10-11-20(23-15-19)26-12-5-6-13-26/h7-11,14-15H,1,5-6,12-13H2,2-4H3,(H2,24,25,27).